The highest BCUT2D eigenvalue weighted by atomic mass is 32.2. The van der Waals surface area contributed by atoms with E-state index in [4.69, 9.17) is 0 Å². The van der Waals surface area contributed by atoms with E-state index >= 15 is 0 Å². The minimum absolute atomic E-state index is 0.0793. The summed E-state index contributed by atoms with van der Waals surface area (Å²) in [5.74, 6) is 1.33. The number of hydrogen-bond acceptors (Lipinski definition) is 4. The Balaban J connectivity index is 2.54. The molecule has 78 valence electrons. The first-order valence-electron chi connectivity index (χ1n) is 4.21. The third-order valence-electron chi connectivity index (χ3n) is 1.88. The van der Waals surface area contributed by atoms with Crippen molar-refractivity contribution in [3.05, 3.63) is 5.82 Å². The monoisotopic (exact) mass is 214 g/mol. The molecule has 0 N–H and O–H groups in total. The van der Waals surface area contributed by atoms with E-state index in [9.17, 15) is 4.79 Å². The van der Waals surface area contributed by atoms with E-state index in [2.05, 4.69) is 10.2 Å². The van der Waals surface area contributed by atoms with E-state index in [0.29, 0.717) is 5.75 Å². The van der Waals surface area contributed by atoms with Crippen LogP contribution in [0.15, 0.2) is 5.16 Å². The summed E-state index contributed by atoms with van der Waals surface area (Å²) in [7, 11) is 5.37. The largest absolute Gasteiger partial charge is 0.348 e. The lowest BCUT2D eigenvalue weighted by Crippen LogP contribution is -2.23. The van der Waals surface area contributed by atoms with Gasteiger partial charge in [0.15, 0.2) is 5.16 Å². The second kappa shape index (κ2) is 4.45. The summed E-state index contributed by atoms with van der Waals surface area (Å²) in [6.45, 7) is 1.88. The molecule has 0 saturated heterocycles. The minimum atomic E-state index is 0.0793. The second-order valence-corrected chi connectivity index (χ2v) is 4.11. The number of carbonyl (C=O) groups excluding carboxylic acids is 1. The zero-order valence-electron chi connectivity index (χ0n) is 8.81. The van der Waals surface area contributed by atoms with Crippen LogP contribution in [0.5, 0.6) is 0 Å². The predicted molar refractivity (Wildman–Crippen MR) is 55.2 cm³/mol. The number of carbonyl (C=O) groups is 1. The summed E-state index contributed by atoms with van der Waals surface area (Å²) in [5.41, 5.74) is 0. The molecule has 0 saturated carbocycles. The Morgan fingerprint density at radius 3 is 2.57 bits per heavy atom. The van der Waals surface area contributed by atoms with Gasteiger partial charge in [0, 0.05) is 21.1 Å². The van der Waals surface area contributed by atoms with Crippen molar-refractivity contribution in [3.8, 4) is 0 Å². The fourth-order valence-electron chi connectivity index (χ4n) is 0.769. The Hall–Kier alpha value is -1.04. The van der Waals surface area contributed by atoms with Crippen LogP contribution in [0.1, 0.15) is 5.82 Å². The molecule has 6 heteroatoms. The van der Waals surface area contributed by atoms with Crippen LogP contribution < -0.4 is 0 Å². The van der Waals surface area contributed by atoms with Gasteiger partial charge in [0.1, 0.15) is 5.82 Å². The highest BCUT2D eigenvalue weighted by Crippen LogP contribution is 2.14. The van der Waals surface area contributed by atoms with E-state index in [0.717, 1.165) is 11.0 Å². The molecule has 1 amide bonds. The van der Waals surface area contributed by atoms with Gasteiger partial charge in [-0.25, -0.2) is 0 Å². The van der Waals surface area contributed by atoms with Gasteiger partial charge in [0.2, 0.25) is 5.91 Å². The maximum Gasteiger partial charge on any atom is 0.232 e. The molecule has 0 aliphatic heterocycles. The van der Waals surface area contributed by atoms with Crippen molar-refractivity contribution in [2.24, 2.45) is 7.05 Å². The van der Waals surface area contributed by atoms with E-state index in [1.165, 1.54) is 11.8 Å². The number of aryl methyl sites for hydroxylation is 1. The zero-order valence-corrected chi connectivity index (χ0v) is 9.63. The van der Waals surface area contributed by atoms with Gasteiger partial charge >= 0.3 is 0 Å². The van der Waals surface area contributed by atoms with Gasteiger partial charge in [-0.1, -0.05) is 11.8 Å². The molecular formula is C8H14N4OS. The molecule has 0 fully saturated rings. The van der Waals surface area contributed by atoms with Gasteiger partial charge < -0.3 is 9.47 Å². The van der Waals surface area contributed by atoms with Crippen LogP contribution in [-0.4, -0.2) is 45.4 Å². The van der Waals surface area contributed by atoms with Crippen molar-refractivity contribution in [2.75, 3.05) is 19.8 Å². The molecule has 0 aliphatic carbocycles. The molecule has 0 spiro atoms. The fourth-order valence-corrected chi connectivity index (χ4v) is 1.70. The van der Waals surface area contributed by atoms with Gasteiger partial charge in [-0.3, -0.25) is 4.79 Å². The number of nitrogens with zero attached hydrogens (tertiary/aromatic N) is 4. The number of hydrogen-bond donors (Lipinski definition) is 0. The quantitative estimate of drug-likeness (QED) is 0.679. The van der Waals surface area contributed by atoms with Gasteiger partial charge in [0.05, 0.1) is 5.75 Å². The third-order valence-corrected chi connectivity index (χ3v) is 2.88. The van der Waals surface area contributed by atoms with Gasteiger partial charge in [-0.15, -0.1) is 10.2 Å². The SMILES string of the molecule is Cc1nnc(SCC(=O)N(C)C)n1C. The Kier molecular flexibility index (Phi) is 3.51. The highest BCUT2D eigenvalue weighted by molar-refractivity contribution is 7.99. The number of thioether (sulfide) groups is 1. The van der Waals surface area contributed by atoms with Crippen molar-refractivity contribution in [1.82, 2.24) is 19.7 Å². The van der Waals surface area contributed by atoms with E-state index in [1.807, 2.05) is 18.5 Å². The van der Waals surface area contributed by atoms with Crippen molar-refractivity contribution < 1.29 is 4.79 Å². The van der Waals surface area contributed by atoms with Crippen LogP contribution in [0.4, 0.5) is 0 Å². The Labute approximate surface area is 87.5 Å². The van der Waals surface area contributed by atoms with Gasteiger partial charge in [0.25, 0.3) is 0 Å². The molecule has 1 aromatic heterocycles. The van der Waals surface area contributed by atoms with Crippen LogP contribution in [0.25, 0.3) is 0 Å². The maximum absolute atomic E-state index is 11.3. The standard InChI is InChI=1S/C8H14N4OS/c1-6-9-10-8(12(6)4)14-5-7(13)11(2)3/h5H2,1-4H3. The van der Waals surface area contributed by atoms with Crippen LogP contribution in [0.2, 0.25) is 0 Å². The molecule has 14 heavy (non-hydrogen) atoms. The average Bonchev–Trinajstić information content (AvgIpc) is 2.44. The number of amides is 1. The predicted octanol–water partition coefficient (Wildman–Crippen LogP) is 0.304. The lowest BCUT2D eigenvalue weighted by Gasteiger charge is -2.08. The normalized spacial score (nSPS) is 10.3. The van der Waals surface area contributed by atoms with Crippen molar-refractivity contribution in [3.63, 3.8) is 0 Å². The van der Waals surface area contributed by atoms with Crippen LogP contribution >= 0.6 is 11.8 Å². The molecule has 0 aromatic carbocycles. The number of aromatic nitrogens is 3. The summed E-state index contributed by atoms with van der Waals surface area (Å²) in [6.07, 6.45) is 0. The van der Waals surface area contributed by atoms with Crippen molar-refractivity contribution in [2.45, 2.75) is 12.1 Å². The van der Waals surface area contributed by atoms with Gasteiger partial charge in [-0.2, -0.15) is 0 Å². The Bertz CT molecular complexity index is 334. The molecule has 1 heterocycles. The molecule has 0 aliphatic rings. The molecule has 5 nitrogen and oxygen atoms in total. The summed E-state index contributed by atoms with van der Waals surface area (Å²) in [5, 5.41) is 8.63. The van der Waals surface area contributed by atoms with Crippen molar-refractivity contribution in [1.29, 1.82) is 0 Å². The van der Waals surface area contributed by atoms with Crippen LogP contribution in [-0.2, 0) is 11.8 Å². The Morgan fingerprint density at radius 2 is 2.14 bits per heavy atom. The topological polar surface area (TPSA) is 51.0 Å². The Morgan fingerprint density at radius 1 is 1.50 bits per heavy atom. The molecule has 0 bridgehead atoms. The van der Waals surface area contributed by atoms with E-state index in [1.54, 1.807) is 19.0 Å². The number of rotatable bonds is 3. The third kappa shape index (κ3) is 2.47. The first-order chi connectivity index (χ1) is 6.52. The first kappa shape index (κ1) is 11.0. The van der Waals surface area contributed by atoms with E-state index in [-0.39, 0.29) is 5.91 Å². The molecule has 1 rings (SSSR count). The molecular weight excluding hydrogens is 200 g/mol. The zero-order chi connectivity index (χ0) is 10.7. The van der Waals surface area contributed by atoms with Crippen LogP contribution in [0.3, 0.4) is 0 Å². The molecule has 0 radical (unpaired) electrons. The second-order valence-electron chi connectivity index (χ2n) is 3.17. The maximum atomic E-state index is 11.3. The lowest BCUT2D eigenvalue weighted by atomic mass is 10.6. The van der Waals surface area contributed by atoms with Crippen LogP contribution in [0, 0.1) is 6.92 Å². The lowest BCUT2D eigenvalue weighted by molar-refractivity contribution is -0.125. The summed E-state index contributed by atoms with van der Waals surface area (Å²) in [4.78, 5) is 12.8. The fraction of sp³-hybridized carbons (Fsp3) is 0.625. The van der Waals surface area contributed by atoms with Gasteiger partial charge in [-0.05, 0) is 6.92 Å². The summed E-state index contributed by atoms with van der Waals surface area (Å²) >= 11 is 1.40. The average molecular weight is 214 g/mol. The molecule has 1 aromatic rings. The smallest absolute Gasteiger partial charge is 0.232 e. The summed E-state index contributed by atoms with van der Waals surface area (Å²) in [6, 6.07) is 0. The van der Waals surface area contributed by atoms with Crippen molar-refractivity contribution >= 4 is 17.7 Å². The first-order valence-corrected chi connectivity index (χ1v) is 5.20. The van der Waals surface area contributed by atoms with E-state index < -0.39 is 0 Å². The highest BCUT2D eigenvalue weighted by Gasteiger charge is 2.09. The molecule has 0 unspecified atom stereocenters. The summed E-state index contributed by atoms with van der Waals surface area (Å²) < 4.78 is 1.87. The molecule has 0 atom stereocenters. The minimum Gasteiger partial charge on any atom is -0.348 e.